The zero-order valence-electron chi connectivity index (χ0n) is 14.1. The summed E-state index contributed by atoms with van der Waals surface area (Å²) in [6, 6.07) is 10.1. The molecule has 0 fully saturated rings. The summed E-state index contributed by atoms with van der Waals surface area (Å²) in [5.41, 5.74) is 1.37. The first-order valence-electron chi connectivity index (χ1n) is 7.88. The fourth-order valence-corrected chi connectivity index (χ4v) is 1.90. The number of rotatable bonds is 9. The molecular formula is C18H31NO2. The van der Waals surface area contributed by atoms with Gasteiger partial charge in [-0.1, -0.05) is 58.0 Å². The maximum Gasteiger partial charge on any atom is 0.0897 e. The fourth-order valence-electron chi connectivity index (χ4n) is 1.90. The lowest BCUT2D eigenvalue weighted by Crippen LogP contribution is -2.38. The molecule has 2 atom stereocenters. The third kappa shape index (κ3) is 6.60. The van der Waals surface area contributed by atoms with Crippen LogP contribution >= 0.6 is 0 Å². The Kier molecular flexibility index (Phi) is 7.36. The van der Waals surface area contributed by atoms with Crippen molar-refractivity contribution in [2.24, 2.45) is 11.3 Å². The lowest BCUT2D eigenvalue weighted by Gasteiger charge is -2.30. The average Bonchev–Trinajstić information content (AvgIpc) is 2.45. The summed E-state index contributed by atoms with van der Waals surface area (Å²) in [7, 11) is 0. The first-order valence-corrected chi connectivity index (χ1v) is 7.88. The Hall–Kier alpha value is -0.900. The van der Waals surface area contributed by atoms with Gasteiger partial charge in [0.2, 0.25) is 0 Å². The SMILES string of the molecule is CC(OCC(O)CNCC(C)(C)C(C)C)c1ccccc1. The van der Waals surface area contributed by atoms with Crippen molar-refractivity contribution in [2.75, 3.05) is 19.7 Å². The molecule has 1 aromatic rings. The zero-order valence-corrected chi connectivity index (χ0v) is 14.1. The molecule has 0 saturated carbocycles. The molecule has 0 bridgehead atoms. The van der Waals surface area contributed by atoms with Crippen molar-refractivity contribution in [3.8, 4) is 0 Å². The molecule has 0 spiro atoms. The topological polar surface area (TPSA) is 41.5 Å². The van der Waals surface area contributed by atoms with Gasteiger partial charge in [-0.25, -0.2) is 0 Å². The predicted octanol–water partition coefficient (Wildman–Crippen LogP) is 3.40. The summed E-state index contributed by atoms with van der Waals surface area (Å²) in [5, 5.41) is 13.3. The van der Waals surface area contributed by atoms with Gasteiger partial charge in [-0.3, -0.25) is 0 Å². The highest BCUT2D eigenvalue weighted by Crippen LogP contribution is 2.24. The highest BCUT2D eigenvalue weighted by Gasteiger charge is 2.22. The first-order chi connectivity index (χ1) is 9.83. The van der Waals surface area contributed by atoms with Crippen LogP contribution in [0.4, 0.5) is 0 Å². The summed E-state index contributed by atoms with van der Waals surface area (Å²) in [5.74, 6) is 0.608. The largest absolute Gasteiger partial charge is 0.389 e. The Morgan fingerprint density at radius 2 is 1.76 bits per heavy atom. The van der Waals surface area contributed by atoms with Gasteiger partial charge in [0, 0.05) is 13.1 Å². The van der Waals surface area contributed by atoms with Crippen molar-refractivity contribution in [1.82, 2.24) is 5.32 Å². The molecule has 3 heteroatoms. The molecule has 0 saturated heterocycles. The van der Waals surface area contributed by atoms with E-state index in [9.17, 15) is 5.11 Å². The van der Waals surface area contributed by atoms with E-state index in [0.717, 1.165) is 12.1 Å². The molecule has 2 N–H and O–H groups in total. The van der Waals surface area contributed by atoms with Gasteiger partial charge in [-0.2, -0.15) is 0 Å². The molecule has 0 amide bonds. The number of hydrogen-bond donors (Lipinski definition) is 2. The molecule has 0 heterocycles. The molecule has 0 aliphatic heterocycles. The van der Waals surface area contributed by atoms with Crippen LogP contribution in [0.15, 0.2) is 30.3 Å². The van der Waals surface area contributed by atoms with E-state index in [1.165, 1.54) is 0 Å². The van der Waals surface area contributed by atoms with Gasteiger partial charge in [0.25, 0.3) is 0 Å². The Morgan fingerprint density at radius 1 is 1.14 bits per heavy atom. The fraction of sp³-hybridized carbons (Fsp3) is 0.667. The molecule has 21 heavy (non-hydrogen) atoms. The normalized spacial score (nSPS) is 15.2. The molecule has 2 unspecified atom stereocenters. The number of benzene rings is 1. The molecule has 1 rings (SSSR count). The van der Waals surface area contributed by atoms with Crippen LogP contribution in [0.1, 0.15) is 46.3 Å². The van der Waals surface area contributed by atoms with Crippen LogP contribution in [0.3, 0.4) is 0 Å². The van der Waals surface area contributed by atoms with E-state index in [1.807, 2.05) is 37.3 Å². The summed E-state index contributed by atoms with van der Waals surface area (Å²) < 4.78 is 5.73. The van der Waals surface area contributed by atoms with Crippen molar-refractivity contribution in [3.63, 3.8) is 0 Å². The van der Waals surface area contributed by atoms with E-state index in [1.54, 1.807) is 0 Å². The second kappa shape index (κ2) is 8.52. The third-order valence-electron chi connectivity index (χ3n) is 4.33. The quantitative estimate of drug-likeness (QED) is 0.733. The maximum absolute atomic E-state index is 9.99. The summed E-state index contributed by atoms with van der Waals surface area (Å²) in [4.78, 5) is 0. The van der Waals surface area contributed by atoms with Crippen LogP contribution in [0.2, 0.25) is 0 Å². The smallest absolute Gasteiger partial charge is 0.0897 e. The highest BCUT2D eigenvalue weighted by molar-refractivity contribution is 5.16. The summed E-state index contributed by atoms with van der Waals surface area (Å²) >= 11 is 0. The van der Waals surface area contributed by atoms with E-state index in [4.69, 9.17) is 4.74 Å². The van der Waals surface area contributed by atoms with Gasteiger partial charge in [0.05, 0.1) is 18.8 Å². The summed E-state index contributed by atoms with van der Waals surface area (Å²) in [6.07, 6.45) is -0.466. The standard InChI is InChI=1S/C18H31NO2/c1-14(2)18(4,5)13-19-11-17(20)12-21-15(3)16-9-7-6-8-10-16/h6-10,14-15,17,19-20H,11-13H2,1-5H3. The van der Waals surface area contributed by atoms with Crippen molar-refractivity contribution >= 4 is 0 Å². The summed E-state index contributed by atoms with van der Waals surface area (Å²) in [6.45, 7) is 12.8. The van der Waals surface area contributed by atoms with Gasteiger partial charge >= 0.3 is 0 Å². The van der Waals surface area contributed by atoms with E-state index in [2.05, 4.69) is 33.0 Å². The number of hydrogen-bond acceptors (Lipinski definition) is 3. The van der Waals surface area contributed by atoms with Gasteiger partial charge in [-0.15, -0.1) is 0 Å². The van der Waals surface area contributed by atoms with E-state index >= 15 is 0 Å². The number of aliphatic hydroxyl groups excluding tert-OH is 1. The van der Waals surface area contributed by atoms with Gasteiger partial charge in [0.1, 0.15) is 0 Å². The monoisotopic (exact) mass is 293 g/mol. The van der Waals surface area contributed by atoms with Crippen molar-refractivity contribution in [3.05, 3.63) is 35.9 Å². The van der Waals surface area contributed by atoms with E-state index in [0.29, 0.717) is 19.1 Å². The van der Waals surface area contributed by atoms with Crippen LogP contribution < -0.4 is 5.32 Å². The van der Waals surface area contributed by atoms with Crippen molar-refractivity contribution < 1.29 is 9.84 Å². The van der Waals surface area contributed by atoms with Gasteiger partial charge in [0.15, 0.2) is 0 Å². The van der Waals surface area contributed by atoms with Crippen LogP contribution in [0.5, 0.6) is 0 Å². The average molecular weight is 293 g/mol. The van der Waals surface area contributed by atoms with Crippen molar-refractivity contribution in [1.29, 1.82) is 0 Å². The lowest BCUT2D eigenvalue weighted by atomic mass is 9.81. The predicted molar refractivity (Wildman–Crippen MR) is 88.3 cm³/mol. The maximum atomic E-state index is 9.99. The van der Waals surface area contributed by atoms with Crippen LogP contribution in [-0.2, 0) is 4.74 Å². The molecular weight excluding hydrogens is 262 g/mol. The van der Waals surface area contributed by atoms with Gasteiger partial charge in [-0.05, 0) is 23.8 Å². The molecule has 0 aliphatic rings. The van der Waals surface area contributed by atoms with Crippen LogP contribution in [-0.4, -0.2) is 30.9 Å². The minimum atomic E-state index is -0.473. The molecule has 0 radical (unpaired) electrons. The number of ether oxygens (including phenoxy) is 1. The lowest BCUT2D eigenvalue weighted by molar-refractivity contribution is -0.00297. The van der Waals surface area contributed by atoms with Crippen molar-refractivity contribution in [2.45, 2.75) is 46.8 Å². The molecule has 1 aromatic carbocycles. The molecule has 3 nitrogen and oxygen atoms in total. The Morgan fingerprint density at radius 3 is 2.33 bits per heavy atom. The Bertz CT molecular complexity index is 389. The Labute approximate surface area is 129 Å². The minimum Gasteiger partial charge on any atom is -0.389 e. The number of nitrogens with one attached hydrogen (secondary N) is 1. The zero-order chi connectivity index (χ0) is 15.9. The second-order valence-electron chi connectivity index (χ2n) is 6.81. The van der Waals surface area contributed by atoms with Crippen LogP contribution in [0.25, 0.3) is 0 Å². The number of aliphatic hydroxyl groups is 1. The van der Waals surface area contributed by atoms with E-state index < -0.39 is 6.10 Å². The van der Waals surface area contributed by atoms with E-state index in [-0.39, 0.29) is 11.5 Å². The minimum absolute atomic E-state index is 0.00737. The molecule has 0 aliphatic carbocycles. The first kappa shape index (κ1) is 18.1. The van der Waals surface area contributed by atoms with Crippen LogP contribution in [0, 0.1) is 11.3 Å². The third-order valence-corrected chi connectivity index (χ3v) is 4.33. The van der Waals surface area contributed by atoms with Gasteiger partial charge < -0.3 is 15.2 Å². The molecule has 120 valence electrons. The second-order valence-corrected chi connectivity index (χ2v) is 6.81. The highest BCUT2D eigenvalue weighted by atomic mass is 16.5. The Balaban J connectivity index is 2.24. The molecule has 0 aromatic heterocycles.